The second-order valence-corrected chi connectivity index (χ2v) is 5.91. The van der Waals surface area contributed by atoms with E-state index in [9.17, 15) is 5.11 Å². The lowest BCUT2D eigenvalue weighted by Gasteiger charge is -2.11. The molecule has 0 radical (unpaired) electrons. The molecule has 2 rings (SSSR count). The van der Waals surface area contributed by atoms with E-state index < -0.39 is 6.10 Å². The molecular formula is C14H12BrIO2. The average molecular weight is 419 g/mol. The molecule has 0 heterocycles. The van der Waals surface area contributed by atoms with Crippen molar-refractivity contribution in [3.05, 3.63) is 56.1 Å². The molecule has 0 saturated heterocycles. The van der Waals surface area contributed by atoms with E-state index in [4.69, 9.17) is 4.74 Å². The van der Waals surface area contributed by atoms with Crippen LogP contribution in [-0.4, -0.2) is 5.11 Å². The molecule has 2 aromatic rings. The maximum absolute atomic E-state index is 9.51. The Morgan fingerprint density at radius 1 is 1.17 bits per heavy atom. The van der Waals surface area contributed by atoms with E-state index in [-0.39, 0.29) is 0 Å². The number of aliphatic hydroxyl groups is 1. The topological polar surface area (TPSA) is 29.5 Å². The fourth-order valence-electron chi connectivity index (χ4n) is 1.51. The Hall–Kier alpha value is -0.590. The molecule has 1 N–H and O–H groups in total. The molecule has 94 valence electrons. The van der Waals surface area contributed by atoms with Gasteiger partial charge in [-0.1, -0.05) is 18.2 Å². The Labute approximate surface area is 128 Å². The largest absolute Gasteiger partial charge is 0.455 e. The van der Waals surface area contributed by atoms with Crippen LogP contribution in [0.25, 0.3) is 0 Å². The van der Waals surface area contributed by atoms with Gasteiger partial charge in [0, 0.05) is 0 Å². The molecular weight excluding hydrogens is 407 g/mol. The molecule has 0 saturated carbocycles. The third-order valence-electron chi connectivity index (χ3n) is 2.49. The zero-order chi connectivity index (χ0) is 13.1. The first kappa shape index (κ1) is 13.8. The Kier molecular flexibility index (Phi) is 4.64. The molecule has 2 aromatic carbocycles. The second kappa shape index (κ2) is 6.04. The standard InChI is InChI=1S/C14H12BrIO2/c1-9(17)10-6-7-13(11(15)8-10)18-14-5-3-2-4-12(14)16/h2-9,17H,1H3/t9-/m0/s1. The summed E-state index contributed by atoms with van der Waals surface area (Å²) in [6, 6.07) is 13.4. The van der Waals surface area contributed by atoms with Crippen molar-refractivity contribution < 1.29 is 9.84 Å². The lowest BCUT2D eigenvalue weighted by atomic mass is 10.1. The van der Waals surface area contributed by atoms with Gasteiger partial charge in [-0.15, -0.1) is 0 Å². The van der Waals surface area contributed by atoms with Crippen molar-refractivity contribution in [1.29, 1.82) is 0 Å². The molecule has 0 aromatic heterocycles. The van der Waals surface area contributed by atoms with Crippen LogP contribution in [0.2, 0.25) is 0 Å². The molecule has 18 heavy (non-hydrogen) atoms. The first-order valence-electron chi connectivity index (χ1n) is 5.48. The van der Waals surface area contributed by atoms with E-state index in [1.807, 2.05) is 42.5 Å². The summed E-state index contributed by atoms with van der Waals surface area (Å²) in [7, 11) is 0. The summed E-state index contributed by atoms with van der Waals surface area (Å²) in [6.45, 7) is 1.74. The van der Waals surface area contributed by atoms with Gasteiger partial charge in [-0.3, -0.25) is 0 Å². The van der Waals surface area contributed by atoms with Crippen molar-refractivity contribution in [3.8, 4) is 11.5 Å². The summed E-state index contributed by atoms with van der Waals surface area (Å²) in [5.74, 6) is 1.56. The Morgan fingerprint density at radius 2 is 1.89 bits per heavy atom. The van der Waals surface area contributed by atoms with Gasteiger partial charge in [-0.25, -0.2) is 0 Å². The van der Waals surface area contributed by atoms with Crippen LogP contribution in [0.5, 0.6) is 11.5 Å². The van der Waals surface area contributed by atoms with Crippen molar-refractivity contribution >= 4 is 38.5 Å². The van der Waals surface area contributed by atoms with E-state index in [2.05, 4.69) is 38.5 Å². The Bertz CT molecular complexity index is 555. The minimum Gasteiger partial charge on any atom is -0.455 e. The second-order valence-electron chi connectivity index (χ2n) is 3.90. The van der Waals surface area contributed by atoms with Gasteiger partial charge < -0.3 is 9.84 Å². The summed E-state index contributed by atoms with van der Waals surface area (Å²) >= 11 is 5.69. The normalized spacial score (nSPS) is 12.2. The zero-order valence-electron chi connectivity index (χ0n) is 9.73. The Balaban J connectivity index is 2.28. The quantitative estimate of drug-likeness (QED) is 0.718. The summed E-state index contributed by atoms with van der Waals surface area (Å²) in [5, 5.41) is 9.51. The molecule has 0 aliphatic carbocycles. The summed E-state index contributed by atoms with van der Waals surface area (Å²) in [6.07, 6.45) is -0.479. The summed E-state index contributed by atoms with van der Waals surface area (Å²) in [4.78, 5) is 0. The van der Waals surface area contributed by atoms with Crippen molar-refractivity contribution in [3.63, 3.8) is 0 Å². The predicted octanol–water partition coefficient (Wildman–Crippen LogP) is 4.90. The molecule has 0 unspecified atom stereocenters. The van der Waals surface area contributed by atoms with Crippen LogP contribution in [0, 0.1) is 3.57 Å². The van der Waals surface area contributed by atoms with E-state index in [1.54, 1.807) is 6.92 Å². The molecule has 0 fully saturated rings. The van der Waals surface area contributed by atoms with E-state index >= 15 is 0 Å². The summed E-state index contributed by atoms with van der Waals surface area (Å²) in [5.41, 5.74) is 0.858. The van der Waals surface area contributed by atoms with E-state index in [1.165, 1.54) is 0 Å². The molecule has 4 heteroatoms. The van der Waals surface area contributed by atoms with Crippen molar-refractivity contribution in [1.82, 2.24) is 0 Å². The molecule has 0 spiro atoms. The van der Waals surface area contributed by atoms with Gasteiger partial charge in [0.1, 0.15) is 11.5 Å². The lowest BCUT2D eigenvalue weighted by Crippen LogP contribution is -1.93. The van der Waals surface area contributed by atoms with Crippen molar-refractivity contribution in [2.75, 3.05) is 0 Å². The van der Waals surface area contributed by atoms with E-state index in [0.717, 1.165) is 25.1 Å². The van der Waals surface area contributed by atoms with Gasteiger partial charge in [0.2, 0.25) is 0 Å². The molecule has 0 aliphatic heterocycles. The van der Waals surface area contributed by atoms with Crippen LogP contribution in [0.4, 0.5) is 0 Å². The maximum atomic E-state index is 9.51. The molecule has 2 nitrogen and oxygen atoms in total. The number of rotatable bonds is 3. The van der Waals surface area contributed by atoms with Crippen LogP contribution in [-0.2, 0) is 0 Å². The van der Waals surface area contributed by atoms with Gasteiger partial charge in [0.15, 0.2) is 0 Å². The van der Waals surface area contributed by atoms with Crippen LogP contribution in [0.1, 0.15) is 18.6 Å². The highest BCUT2D eigenvalue weighted by Gasteiger charge is 2.08. The smallest absolute Gasteiger partial charge is 0.141 e. The highest BCUT2D eigenvalue weighted by atomic mass is 127. The van der Waals surface area contributed by atoms with Crippen LogP contribution >= 0.6 is 38.5 Å². The molecule has 0 amide bonds. The van der Waals surface area contributed by atoms with Crippen molar-refractivity contribution in [2.24, 2.45) is 0 Å². The highest BCUT2D eigenvalue weighted by molar-refractivity contribution is 14.1. The molecule has 0 bridgehead atoms. The fourth-order valence-corrected chi connectivity index (χ4v) is 2.48. The van der Waals surface area contributed by atoms with Gasteiger partial charge in [0.25, 0.3) is 0 Å². The third-order valence-corrected chi connectivity index (χ3v) is 4.01. The fraction of sp³-hybridized carbons (Fsp3) is 0.143. The number of ether oxygens (including phenoxy) is 1. The van der Waals surface area contributed by atoms with Gasteiger partial charge in [-0.05, 0) is 75.3 Å². The minimum atomic E-state index is -0.479. The van der Waals surface area contributed by atoms with Crippen LogP contribution in [0.3, 0.4) is 0 Å². The lowest BCUT2D eigenvalue weighted by molar-refractivity contribution is 0.199. The number of halogens is 2. The maximum Gasteiger partial charge on any atom is 0.141 e. The summed E-state index contributed by atoms with van der Waals surface area (Å²) < 4.78 is 7.73. The van der Waals surface area contributed by atoms with Crippen LogP contribution in [0.15, 0.2) is 46.9 Å². The number of para-hydroxylation sites is 1. The van der Waals surface area contributed by atoms with Crippen molar-refractivity contribution in [2.45, 2.75) is 13.0 Å². The average Bonchev–Trinajstić information content (AvgIpc) is 2.34. The first-order valence-corrected chi connectivity index (χ1v) is 7.35. The SMILES string of the molecule is C[C@H](O)c1ccc(Oc2ccccc2I)c(Br)c1. The molecule has 0 aliphatic rings. The third kappa shape index (κ3) is 3.24. The number of aliphatic hydroxyl groups excluding tert-OH is 1. The number of hydrogen-bond donors (Lipinski definition) is 1. The van der Waals surface area contributed by atoms with Crippen LogP contribution < -0.4 is 4.74 Å². The first-order chi connectivity index (χ1) is 8.58. The number of benzene rings is 2. The highest BCUT2D eigenvalue weighted by Crippen LogP contribution is 2.33. The zero-order valence-corrected chi connectivity index (χ0v) is 13.5. The Morgan fingerprint density at radius 3 is 2.50 bits per heavy atom. The number of hydrogen-bond acceptors (Lipinski definition) is 2. The van der Waals surface area contributed by atoms with Gasteiger partial charge in [0.05, 0.1) is 14.1 Å². The predicted molar refractivity (Wildman–Crippen MR) is 84.0 cm³/mol. The molecule has 1 atom stereocenters. The van der Waals surface area contributed by atoms with E-state index in [0.29, 0.717) is 0 Å². The monoisotopic (exact) mass is 418 g/mol. The van der Waals surface area contributed by atoms with Gasteiger partial charge >= 0.3 is 0 Å². The van der Waals surface area contributed by atoms with Gasteiger partial charge in [-0.2, -0.15) is 0 Å². The minimum absolute atomic E-state index is 0.479.